The monoisotopic (exact) mass is 252 g/mol. The molecule has 0 unspecified atom stereocenters. The van der Waals surface area contributed by atoms with Crippen LogP contribution >= 0.6 is 22.4 Å². The highest BCUT2D eigenvalue weighted by Gasteiger charge is 2.08. The van der Waals surface area contributed by atoms with Crippen molar-refractivity contribution in [1.29, 1.82) is 0 Å². The van der Waals surface area contributed by atoms with Crippen molar-refractivity contribution in [3.63, 3.8) is 0 Å². The molecule has 0 aliphatic heterocycles. The first kappa shape index (κ1) is 13.8. The quantitative estimate of drug-likeness (QED) is 0.598. The highest BCUT2D eigenvalue weighted by molar-refractivity contribution is 8.13. The zero-order valence-corrected chi connectivity index (χ0v) is 10.7. The van der Waals surface area contributed by atoms with E-state index in [0.29, 0.717) is 0 Å². The van der Waals surface area contributed by atoms with Gasteiger partial charge in [0, 0.05) is 15.6 Å². The minimum atomic E-state index is -3.56. The summed E-state index contributed by atoms with van der Waals surface area (Å²) in [7, 11) is 1.55. The highest BCUT2D eigenvalue weighted by Crippen LogP contribution is 2.19. The largest absolute Gasteiger partial charge is 0.261 e. The molecule has 0 aliphatic rings. The smallest absolute Gasteiger partial charge is 0.207 e. The molecular formula is C9H13ClO2S2. The van der Waals surface area contributed by atoms with Gasteiger partial charge in [-0.15, -0.1) is 11.8 Å². The Morgan fingerprint density at radius 1 is 1.14 bits per heavy atom. The van der Waals surface area contributed by atoms with Gasteiger partial charge >= 0.3 is 0 Å². The number of rotatable bonds is 2. The van der Waals surface area contributed by atoms with E-state index in [0.717, 1.165) is 4.90 Å². The summed E-state index contributed by atoms with van der Waals surface area (Å²) in [4.78, 5) is 1.15. The first-order chi connectivity index (χ1) is 6.54. The van der Waals surface area contributed by atoms with E-state index in [1.165, 1.54) is 12.1 Å². The van der Waals surface area contributed by atoms with Gasteiger partial charge in [-0.3, -0.25) is 0 Å². The average molecular weight is 253 g/mol. The molecule has 0 heterocycles. The molecule has 0 bridgehead atoms. The van der Waals surface area contributed by atoms with Crippen LogP contribution < -0.4 is 0 Å². The van der Waals surface area contributed by atoms with Crippen LogP contribution in [0.5, 0.6) is 0 Å². The number of halogens is 1. The second-order valence-electron chi connectivity index (χ2n) is 2.11. The van der Waals surface area contributed by atoms with E-state index in [2.05, 4.69) is 0 Å². The summed E-state index contributed by atoms with van der Waals surface area (Å²) >= 11 is 1.55. The Balaban J connectivity index is 0.000000791. The Hall–Kier alpha value is -0.190. The van der Waals surface area contributed by atoms with E-state index in [1.807, 2.05) is 20.1 Å². The zero-order chi connectivity index (χ0) is 11.2. The maximum Gasteiger partial charge on any atom is 0.261 e. The van der Waals surface area contributed by atoms with Gasteiger partial charge in [0.15, 0.2) is 0 Å². The Morgan fingerprint density at radius 3 is 1.86 bits per heavy atom. The highest BCUT2D eigenvalue weighted by atomic mass is 35.7. The topological polar surface area (TPSA) is 34.1 Å². The predicted octanol–water partition coefficient (Wildman–Crippen LogP) is 3.36. The lowest BCUT2D eigenvalue weighted by atomic mass is 10.4. The van der Waals surface area contributed by atoms with Crippen LogP contribution in [-0.4, -0.2) is 14.7 Å². The van der Waals surface area contributed by atoms with Crippen molar-refractivity contribution in [3.8, 4) is 0 Å². The second-order valence-corrected chi connectivity index (χ2v) is 5.56. The molecule has 0 N–H and O–H groups in total. The van der Waals surface area contributed by atoms with Gasteiger partial charge in [0.2, 0.25) is 0 Å². The summed E-state index contributed by atoms with van der Waals surface area (Å²) in [6, 6.07) is 6.43. The zero-order valence-electron chi connectivity index (χ0n) is 8.32. The van der Waals surface area contributed by atoms with Gasteiger partial charge < -0.3 is 0 Å². The average Bonchev–Trinajstić information content (AvgIpc) is 2.20. The number of hydrogen-bond acceptors (Lipinski definition) is 3. The van der Waals surface area contributed by atoms with Gasteiger partial charge in [-0.1, -0.05) is 13.8 Å². The number of benzene rings is 1. The summed E-state index contributed by atoms with van der Waals surface area (Å²) in [5.74, 6) is 0. The maximum atomic E-state index is 10.8. The van der Waals surface area contributed by atoms with E-state index in [-0.39, 0.29) is 4.90 Å². The van der Waals surface area contributed by atoms with E-state index in [1.54, 1.807) is 23.9 Å². The van der Waals surface area contributed by atoms with Gasteiger partial charge in [0.1, 0.15) is 0 Å². The lowest BCUT2D eigenvalue weighted by Crippen LogP contribution is -1.88. The summed E-state index contributed by atoms with van der Waals surface area (Å²) < 4.78 is 21.6. The lowest BCUT2D eigenvalue weighted by molar-refractivity contribution is 0.609. The molecule has 1 aromatic carbocycles. The van der Waals surface area contributed by atoms with Gasteiger partial charge in [0.05, 0.1) is 4.90 Å². The first-order valence-electron chi connectivity index (χ1n) is 4.13. The summed E-state index contributed by atoms with van der Waals surface area (Å²) in [5, 5.41) is 0. The van der Waals surface area contributed by atoms with Crippen LogP contribution in [0.3, 0.4) is 0 Å². The van der Waals surface area contributed by atoms with Crippen LogP contribution in [0.1, 0.15) is 13.8 Å². The van der Waals surface area contributed by atoms with Gasteiger partial charge in [-0.25, -0.2) is 8.42 Å². The minimum absolute atomic E-state index is 0.141. The fraction of sp³-hybridized carbons (Fsp3) is 0.333. The normalized spacial score (nSPS) is 10.3. The van der Waals surface area contributed by atoms with Crippen molar-refractivity contribution in [2.45, 2.75) is 23.6 Å². The van der Waals surface area contributed by atoms with E-state index >= 15 is 0 Å². The van der Waals surface area contributed by atoms with Crippen LogP contribution in [0, 0.1) is 0 Å². The molecule has 0 saturated heterocycles. The summed E-state index contributed by atoms with van der Waals surface area (Å²) in [6.45, 7) is 4.00. The van der Waals surface area contributed by atoms with E-state index in [4.69, 9.17) is 10.7 Å². The molecule has 1 aromatic rings. The van der Waals surface area contributed by atoms with Crippen LogP contribution in [0.15, 0.2) is 34.1 Å². The molecule has 5 heteroatoms. The molecule has 0 atom stereocenters. The molecule has 0 amide bonds. The Morgan fingerprint density at radius 2 is 1.57 bits per heavy atom. The van der Waals surface area contributed by atoms with Crippen molar-refractivity contribution in [2.24, 2.45) is 0 Å². The molecule has 14 heavy (non-hydrogen) atoms. The van der Waals surface area contributed by atoms with Crippen LogP contribution in [0.2, 0.25) is 0 Å². The van der Waals surface area contributed by atoms with Crippen molar-refractivity contribution in [1.82, 2.24) is 0 Å². The third-order valence-electron chi connectivity index (χ3n) is 1.34. The third-order valence-corrected chi connectivity index (χ3v) is 3.45. The fourth-order valence-corrected chi connectivity index (χ4v) is 1.92. The van der Waals surface area contributed by atoms with Gasteiger partial charge in [-0.05, 0) is 30.5 Å². The van der Waals surface area contributed by atoms with E-state index < -0.39 is 9.05 Å². The second kappa shape index (κ2) is 6.32. The molecule has 0 spiro atoms. The number of hydrogen-bond donors (Lipinski definition) is 0. The Bertz CT molecular complexity index is 357. The summed E-state index contributed by atoms with van der Waals surface area (Å²) in [6.07, 6.45) is 1.92. The molecule has 0 fully saturated rings. The van der Waals surface area contributed by atoms with Crippen molar-refractivity contribution >= 4 is 31.5 Å². The van der Waals surface area contributed by atoms with Gasteiger partial charge in [0.25, 0.3) is 9.05 Å². The molecule has 0 aliphatic carbocycles. The first-order valence-corrected chi connectivity index (χ1v) is 7.66. The van der Waals surface area contributed by atoms with Crippen LogP contribution in [-0.2, 0) is 9.05 Å². The molecule has 1 rings (SSSR count). The molecule has 0 aromatic heterocycles. The van der Waals surface area contributed by atoms with Crippen molar-refractivity contribution in [2.75, 3.05) is 6.26 Å². The SMILES string of the molecule is CC.CSc1ccc(S(=O)(=O)Cl)cc1. The number of thioether (sulfide) groups is 1. The van der Waals surface area contributed by atoms with E-state index in [9.17, 15) is 8.42 Å². The molecule has 2 nitrogen and oxygen atoms in total. The molecule has 0 saturated carbocycles. The Labute approximate surface area is 94.1 Å². The molecular weight excluding hydrogens is 240 g/mol. The van der Waals surface area contributed by atoms with Crippen molar-refractivity contribution < 1.29 is 8.42 Å². The predicted molar refractivity (Wildman–Crippen MR) is 62.6 cm³/mol. The van der Waals surface area contributed by atoms with Gasteiger partial charge in [-0.2, -0.15) is 0 Å². The maximum absolute atomic E-state index is 10.8. The Kier molecular flexibility index (Phi) is 6.24. The summed E-state index contributed by atoms with van der Waals surface area (Å²) in [5.41, 5.74) is 0. The fourth-order valence-electron chi connectivity index (χ4n) is 0.738. The lowest BCUT2D eigenvalue weighted by Gasteiger charge is -1.97. The van der Waals surface area contributed by atoms with Crippen molar-refractivity contribution in [3.05, 3.63) is 24.3 Å². The minimum Gasteiger partial charge on any atom is -0.207 e. The van der Waals surface area contributed by atoms with Crippen LogP contribution in [0.25, 0.3) is 0 Å². The molecule has 80 valence electrons. The molecule has 0 radical (unpaired) electrons. The third kappa shape index (κ3) is 4.35. The standard InChI is InChI=1S/C7H7ClO2S2.C2H6/c1-11-6-2-4-7(5-3-6)12(8,9)10;1-2/h2-5H,1H3;1-2H3. The van der Waals surface area contributed by atoms with Crippen LogP contribution in [0.4, 0.5) is 0 Å².